The van der Waals surface area contributed by atoms with E-state index < -0.39 is 0 Å². The van der Waals surface area contributed by atoms with Gasteiger partial charge < -0.3 is 15.0 Å². The lowest BCUT2D eigenvalue weighted by Gasteiger charge is -2.14. The number of quaternary nitrogens is 1. The maximum Gasteiger partial charge on any atom is 0.279 e. The number of hydrogen-bond donors (Lipinski definition) is 2. The van der Waals surface area contributed by atoms with E-state index in [0.29, 0.717) is 19.1 Å². The third-order valence-electron chi connectivity index (χ3n) is 4.06. The molecular weight excluding hydrogens is 312 g/mol. The summed E-state index contributed by atoms with van der Waals surface area (Å²) in [5.41, 5.74) is 3.31. The molecule has 4 heteroatoms. The summed E-state index contributed by atoms with van der Waals surface area (Å²) in [7, 11) is 2.03. The predicted octanol–water partition coefficient (Wildman–Crippen LogP) is 2.86. The van der Waals surface area contributed by atoms with E-state index in [4.69, 9.17) is 4.74 Å². The second-order valence-electron chi connectivity index (χ2n) is 6.71. The van der Waals surface area contributed by atoms with Crippen molar-refractivity contribution in [1.29, 1.82) is 0 Å². The van der Waals surface area contributed by atoms with E-state index in [-0.39, 0.29) is 5.91 Å². The zero-order valence-corrected chi connectivity index (χ0v) is 15.6. The summed E-state index contributed by atoms with van der Waals surface area (Å²) in [6.45, 7) is 8.19. The fraction of sp³-hybridized carbons (Fsp3) is 0.381. The Hall–Kier alpha value is -2.33. The Labute approximate surface area is 150 Å². The molecule has 2 rings (SSSR count). The standard InChI is InChI=1S/C21H28N2O2/c1-5-25-20-12-6-17(7-13-20)14-23(4)15-21(24)22-19-10-8-18(9-11-19)16(2)3/h6-13,16H,5,14-15H2,1-4H3,(H,22,24)/p+1. The molecule has 0 aliphatic rings. The molecule has 0 aliphatic carbocycles. The van der Waals surface area contributed by atoms with Gasteiger partial charge in [0.1, 0.15) is 12.3 Å². The van der Waals surface area contributed by atoms with Crippen molar-refractivity contribution in [2.75, 3.05) is 25.5 Å². The average Bonchev–Trinajstić information content (AvgIpc) is 2.57. The molecule has 0 radical (unpaired) electrons. The topological polar surface area (TPSA) is 42.8 Å². The molecule has 4 nitrogen and oxygen atoms in total. The van der Waals surface area contributed by atoms with E-state index in [1.165, 1.54) is 11.1 Å². The number of hydrogen-bond acceptors (Lipinski definition) is 2. The molecule has 2 aromatic rings. The third-order valence-corrected chi connectivity index (χ3v) is 4.06. The van der Waals surface area contributed by atoms with Gasteiger partial charge in [-0.2, -0.15) is 0 Å². The van der Waals surface area contributed by atoms with Crippen molar-refractivity contribution in [2.45, 2.75) is 33.2 Å². The van der Waals surface area contributed by atoms with Crippen LogP contribution in [0.15, 0.2) is 48.5 Å². The van der Waals surface area contributed by atoms with Gasteiger partial charge in [0.05, 0.1) is 13.7 Å². The van der Waals surface area contributed by atoms with Crippen LogP contribution < -0.4 is 15.0 Å². The Morgan fingerprint density at radius 3 is 2.28 bits per heavy atom. The maximum absolute atomic E-state index is 12.2. The number of benzene rings is 2. The minimum atomic E-state index is 0.0285. The van der Waals surface area contributed by atoms with Gasteiger partial charge in [-0.1, -0.05) is 26.0 Å². The Kier molecular flexibility index (Phi) is 7.02. The van der Waals surface area contributed by atoms with Crippen molar-refractivity contribution in [3.63, 3.8) is 0 Å². The maximum atomic E-state index is 12.2. The van der Waals surface area contributed by atoms with Crippen molar-refractivity contribution < 1.29 is 14.4 Å². The first-order valence-corrected chi connectivity index (χ1v) is 8.90. The van der Waals surface area contributed by atoms with E-state index in [1.54, 1.807) is 0 Å². The Morgan fingerprint density at radius 2 is 1.72 bits per heavy atom. The van der Waals surface area contributed by atoms with Crippen LogP contribution in [-0.4, -0.2) is 26.1 Å². The lowest BCUT2D eigenvalue weighted by atomic mass is 10.0. The molecule has 0 aromatic heterocycles. The van der Waals surface area contributed by atoms with Crippen LogP contribution in [0.25, 0.3) is 0 Å². The molecule has 25 heavy (non-hydrogen) atoms. The van der Waals surface area contributed by atoms with Crippen LogP contribution >= 0.6 is 0 Å². The molecule has 1 unspecified atom stereocenters. The molecule has 1 atom stereocenters. The number of amides is 1. The first-order valence-electron chi connectivity index (χ1n) is 8.90. The van der Waals surface area contributed by atoms with Gasteiger partial charge in [-0.15, -0.1) is 0 Å². The zero-order chi connectivity index (χ0) is 18.2. The van der Waals surface area contributed by atoms with Crippen LogP contribution in [0.2, 0.25) is 0 Å². The van der Waals surface area contributed by atoms with Gasteiger partial charge in [-0.05, 0) is 54.8 Å². The summed E-state index contributed by atoms with van der Waals surface area (Å²) >= 11 is 0. The lowest BCUT2D eigenvalue weighted by molar-refractivity contribution is -0.885. The second kappa shape index (κ2) is 9.23. The van der Waals surface area contributed by atoms with Gasteiger partial charge in [0.15, 0.2) is 6.54 Å². The molecule has 2 N–H and O–H groups in total. The Bertz CT molecular complexity index is 663. The quantitative estimate of drug-likeness (QED) is 0.775. The smallest absolute Gasteiger partial charge is 0.279 e. The van der Waals surface area contributed by atoms with Gasteiger partial charge in [-0.3, -0.25) is 4.79 Å². The van der Waals surface area contributed by atoms with E-state index in [9.17, 15) is 4.79 Å². The molecule has 0 fully saturated rings. The number of nitrogens with one attached hydrogen (secondary N) is 2. The SMILES string of the molecule is CCOc1ccc(C[NH+](C)CC(=O)Nc2ccc(C(C)C)cc2)cc1. The lowest BCUT2D eigenvalue weighted by Crippen LogP contribution is -3.08. The summed E-state index contributed by atoms with van der Waals surface area (Å²) < 4.78 is 5.45. The number of carbonyl (C=O) groups excluding carboxylic acids is 1. The number of likely N-dealkylation sites (N-methyl/N-ethyl adjacent to an activating group) is 1. The first-order chi connectivity index (χ1) is 12.0. The van der Waals surface area contributed by atoms with E-state index in [0.717, 1.165) is 22.9 Å². The number of anilines is 1. The summed E-state index contributed by atoms with van der Waals surface area (Å²) in [6.07, 6.45) is 0. The van der Waals surface area contributed by atoms with Crippen molar-refractivity contribution >= 4 is 11.6 Å². The van der Waals surface area contributed by atoms with Crippen molar-refractivity contribution in [3.05, 3.63) is 59.7 Å². The summed E-state index contributed by atoms with van der Waals surface area (Å²) in [5, 5.41) is 2.97. The minimum absolute atomic E-state index is 0.0285. The van der Waals surface area contributed by atoms with Gasteiger partial charge in [0, 0.05) is 11.3 Å². The van der Waals surface area contributed by atoms with Gasteiger partial charge in [-0.25, -0.2) is 0 Å². The van der Waals surface area contributed by atoms with Crippen molar-refractivity contribution in [1.82, 2.24) is 0 Å². The highest BCUT2D eigenvalue weighted by atomic mass is 16.5. The molecule has 0 bridgehead atoms. The minimum Gasteiger partial charge on any atom is -0.494 e. The largest absolute Gasteiger partial charge is 0.494 e. The molecule has 134 valence electrons. The first kappa shape index (κ1) is 19.0. The highest BCUT2D eigenvalue weighted by Crippen LogP contribution is 2.17. The van der Waals surface area contributed by atoms with Crippen LogP contribution in [0.3, 0.4) is 0 Å². The van der Waals surface area contributed by atoms with E-state index >= 15 is 0 Å². The van der Waals surface area contributed by atoms with E-state index in [2.05, 4.69) is 43.4 Å². The summed E-state index contributed by atoms with van der Waals surface area (Å²) in [6, 6.07) is 16.1. The average molecular weight is 341 g/mol. The van der Waals surface area contributed by atoms with Gasteiger partial charge in [0.25, 0.3) is 5.91 Å². The summed E-state index contributed by atoms with van der Waals surface area (Å²) in [5.74, 6) is 1.40. The highest BCUT2D eigenvalue weighted by molar-refractivity contribution is 5.91. The predicted molar refractivity (Wildman–Crippen MR) is 102 cm³/mol. The van der Waals surface area contributed by atoms with Crippen LogP contribution in [0, 0.1) is 0 Å². The fourth-order valence-corrected chi connectivity index (χ4v) is 2.71. The summed E-state index contributed by atoms with van der Waals surface area (Å²) in [4.78, 5) is 13.4. The fourth-order valence-electron chi connectivity index (χ4n) is 2.71. The Morgan fingerprint density at radius 1 is 1.08 bits per heavy atom. The second-order valence-corrected chi connectivity index (χ2v) is 6.71. The highest BCUT2D eigenvalue weighted by Gasteiger charge is 2.11. The third kappa shape index (κ3) is 6.24. The number of ether oxygens (including phenoxy) is 1. The van der Waals surface area contributed by atoms with Crippen LogP contribution in [-0.2, 0) is 11.3 Å². The molecule has 1 amide bonds. The zero-order valence-electron chi connectivity index (χ0n) is 15.6. The van der Waals surface area contributed by atoms with Crippen LogP contribution in [0.1, 0.15) is 37.8 Å². The molecule has 2 aromatic carbocycles. The van der Waals surface area contributed by atoms with Crippen LogP contribution in [0.4, 0.5) is 5.69 Å². The molecule has 0 spiro atoms. The van der Waals surface area contributed by atoms with Crippen molar-refractivity contribution in [3.8, 4) is 5.75 Å². The normalized spacial score (nSPS) is 12.0. The monoisotopic (exact) mass is 341 g/mol. The van der Waals surface area contributed by atoms with Gasteiger partial charge >= 0.3 is 0 Å². The Balaban J connectivity index is 1.82. The molecule has 0 aliphatic heterocycles. The number of rotatable bonds is 8. The molecule has 0 saturated carbocycles. The molecule has 0 heterocycles. The molecule has 0 saturated heterocycles. The van der Waals surface area contributed by atoms with Gasteiger partial charge in [0.2, 0.25) is 0 Å². The van der Waals surface area contributed by atoms with Crippen molar-refractivity contribution in [2.24, 2.45) is 0 Å². The van der Waals surface area contributed by atoms with E-state index in [1.807, 2.05) is 38.2 Å². The molecular formula is C21H29N2O2+. The number of carbonyl (C=O) groups is 1. The van der Waals surface area contributed by atoms with Crippen LogP contribution in [0.5, 0.6) is 5.75 Å².